The first-order valence-electron chi connectivity index (χ1n) is 10.2. The van der Waals surface area contributed by atoms with Gasteiger partial charge >= 0.3 is 0 Å². The summed E-state index contributed by atoms with van der Waals surface area (Å²) in [5, 5.41) is 2.55. The van der Waals surface area contributed by atoms with Crippen LogP contribution in [-0.4, -0.2) is 57.5 Å². The molecule has 2 aromatic rings. The number of hydrogen-bond acceptors (Lipinski definition) is 5. The number of carbonyl (C=O) groups is 1. The molecule has 1 saturated heterocycles. The summed E-state index contributed by atoms with van der Waals surface area (Å²) in [5.41, 5.74) is 1.79. The van der Waals surface area contributed by atoms with Crippen molar-refractivity contribution in [2.45, 2.75) is 41.6 Å². The van der Waals surface area contributed by atoms with Gasteiger partial charge in [-0.3, -0.25) is 4.79 Å². The molecule has 2 aromatic carbocycles. The number of hydrogen-bond donors (Lipinski definition) is 1. The lowest BCUT2D eigenvalue weighted by Gasteiger charge is -2.34. The van der Waals surface area contributed by atoms with Crippen molar-refractivity contribution < 1.29 is 21.6 Å². The van der Waals surface area contributed by atoms with Crippen molar-refractivity contribution in [3.05, 3.63) is 59.7 Å². The lowest BCUT2D eigenvalue weighted by atomic mass is 9.95. The molecule has 0 saturated carbocycles. The Labute approximate surface area is 183 Å². The van der Waals surface area contributed by atoms with Crippen LogP contribution in [0.5, 0.6) is 0 Å². The maximum absolute atomic E-state index is 13.4. The first kappa shape index (κ1) is 21.9. The Morgan fingerprint density at radius 2 is 1.42 bits per heavy atom. The molecule has 1 fully saturated rings. The minimum atomic E-state index is -4.03. The van der Waals surface area contributed by atoms with Gasteiger partial charge in [-0.1, -0.05) is 24.3 Å². The molecule has 0 aliphatic carbocycles. The van der Waals surface area contributed by atoms with Gasteiger partial charge in [0.2, 0.25) is 26.0 Å². The Hall–Kier alpha value is -2.27. The summed E-state index contributed by atoms with van der Waals surface area (Å²) in [6, 6.07) is 11.8. The lowest BCUT2D eigenvalue weighted by molar-refractivity contribution is -0.124. The van der Waals surface area contributed by atoms with Crippen molar-refractivity contribution in [1.82, 2.24) is 13.9 Å². The Kier molecular flexibility index (Phi) is 5.91. The summed E-state index contributed by atoms with van der Waals surface area (Å²) in [7, 11) is -6.18. The number of rotatable bonds is 5. The van der Waals surface area contributed by atoms with Crippen LogP contribution in [-0.2, 0) is 37.8 Å². The van der Waals surface area contributed by atoms with Crippen molar-refractivity contribution in [2.75, 3.05) is 20.1 Å². The van der Waals surface area contributed by atoms with Crippen molar-refractivity contribution in [3.63, 3.8) is 0 Å². The van der Waals surface area contributed by atoms with E-state index in [0.29, 0.717) is 13.1 Å². The molecule has 0 radical (unpaired) electrons. The van der Waals surface area contributed by atoms with E-state index in [4.69, 9.17) is 0 Å². The molecule has 1 amide bonds. The maximum Gasteiger partial charge on any atom is 0.244 e. The second kappa shape index (κ2) is 8.34. The third-order valence-electron chi connectivity index (χ3n) is 5.89. The Morgan fingerprint density at radius 3 is 2.00 bits per heavy atom. The summed E-state index contributed by atoms with van der Waals surface area (Å²) >= 11 is 0. The number of nitrogens with zero attached hydrogens (tertiary/aromatic N) is 2. The fourth-order valence-electron chi connectivity index (χ4n) is 4.14. The van der Waals surface area contributed by atoms with E-state index in [1.807, 2.05) is 24.3 Å². The smallest absolute Gasteiger partial charge is 0.244 e. The van der Waals surface area contributed by atoms with Crippen LogP contribution in [0.3, 0.4) is 0 Å². The molecule has 4 rings (SSSR count). The zero-order valence-corrected chi connectivity index (χ0v) is 18.8. The fourth-order valence-corrected chi connectivity index (χ4v) is 7.22. The van der Waals surface area contributed by atoms with E-state index in [1.165, 1.54) is 39.9 Å². The molecule has 31 heavy (non-hydrogen) atoms. The van der Waals surface area contributed by atoms with Crippen LogP contribution in [0.25, 0.3) is 0 Å². The first-order valence-corrected chi connectivity index (χ1v) is 13.0. The van der Waals surface area contributed by atoms with Gasteiger partial charge in [0.1, 0.15) is 6.04 Å². The van der Waals surface area contributed by atoms with Gasteiger partial charge in [0.15, 0.2) is 0 Å². The molecule has 0 aromatic heterocycles. The monoisotopic (exact) mass is 463 g/mol. The van der Waals surface area contributed by atoms with Crippen LogP contribution in [0.1, 0.15) is 24.0 Å². The third-order valence-corrected chi connectivity index (χ3v) is 9.67. The number of likely N-dealkylation sites (N-methyl/N-ethyl adjacent to an activating group) is 1. The van der Waals surface area contributed by atoms with Crippen molar-refractivity contribution in [3.8, 4) is 0 Å². The van der Waals surface area contributed by atoms with E-state index < -0.39 is 26.1 Å². The average Bonchev–Trinajstić information content (AvgIpc) is 3.33. The predicted octanol–water partition coefficient (Wildman–Crippen LogP) is 1.33. The van der Waals surface area contributed by atoms with Gasteiger partial charge in [0.05, 0.1) is 9.79 Å². The first-order chi connectivity index (χ1) is 14.7. The topological polar surface area (TPSA) is 104 Å². The van der Waals surface area contributed by atoms with Crippen LogP contribution in [0.15, 0.2) is 58.3 Å². The standard InChI is InChI=1S/C21H25N3O5S2/c1-22-21(25)20-14-16-6-2-3-7-17(16)15-24(20)31(28,29)19-10-8-18(9-11-19)30(26,27)23-12-4-5-13-23/h2-3,6-11,20H,4-5,12-15H2,1H3,(H,22,25). The molecule has 1 unspecified atom stereocenters. The third kappa shape index (κ3) is 4.00. The summed E-state index contributed by atoms with van der Waals surface area (Å²) in [5.74, 6) is -0.383. The Bertz CT molecular complexity index is 1190. The van der Waals surface area contributed by atoms with Gasteiger partial charge < -0.3 is 5.32 Å². The molecule has 0 spiro atoms. The molecule has 8 nitrogen and oxygen atoms in total. The second-order valence-electron chi connectivity index (χ2n) is 7.74. The fraction of sp³-hybridized carbons (Fsp3) is 0.381. The zero-order valence-electron chi connectivity index (χ0n) is 17.2. The summed E-state index contributed by atoms with van der Waals surface area (Å²) < 4.78 is 54.9. The Balaban J connectivity index is 1.67. The average molecular weight is 464 g/mol. The number of fused-ring (bicyclic) bond motifs is 1. The van der Waals surface area contributed by atoms with Gasteiger partial charge in [-0.25, -0.2) is 16.8 Å². The van der Waals surface area contributed by atoms with Gasteiger partial charge in [-0.05, 0) is 54.7 Å². The molecular formula is C21H25N3O5S2. The van der Waals surface area contributed by atoms with E-state index in [9.17, 15) is 21.6 Å². The normalized spacial score (nSPS) is 20.4. The molecule has 166 valence electrons. The predicted molar refractivity (Wildman–Crippen MR) is 115 cm³/mol. The molecular weight excluding hydrogens is 438 g/mol. The highest BCUT2D eigenvalue weighted by atomic mass is 32.2. The number of nitrogens with one attached hydrogen (secondary N) is 1. The van der Waals surface area contributed by atoms with Gasteiger partial charge in [-0.15, -0.1) is 0 Å². The van der Waals surface area contributed by atoms with Crippen LogP contribution < -0.4 is 5.32 Å². The molecule has 1 atom stereocenters. The van der Waals surface area contributed by atoms with Crippen molar-refractivity contribution >= 4 is 26.0 Å². The van der Waals surface area contributed by atoms with E-state index in [1.54, 1.807) is 0 Å². The summed E-state index contributed by atoms with van der Waals surface area (Å²) in [6.45, 7) is 1.02. The van der Waals surface area contributed by atoms with Gasteiger partial charge in [0.25, 0.3) is 0 Å². The molecule has 2 heterocycles. The van der Waals surface area contributed by atoms with Gasteiger partial charge in [-0.2, -0.15) is 8.61 Å². The molecule has 2 aliphatic heterocycles. The highest BCUT2D eigenvalue weighted by Gasteiger charge is 2.39. The molecule has 2 aliphatic rings. The van der Waals surface area contributed by atoms with Crippen LogP contribution in [0.4, 0.5) is 0 Å². The van der Waals surface area contributed by atoms with Gasteiger partial charge in [0, 0.05) is 26.7 Å². The van der Waals surface area contributed by atoms with Crippen LogP contribution >= 0.6 is 0 Å². The minimum Gasteiger partial charge on any atom is -0.358 e. The maximum atomic E-state index is 13.4. The number of amides is 1. The van der Waals surface area contributed by atoms with E-state index >= 15 is 0 Å². The second-order valence-corrected chi connectivity index (χ2v) is 11.6. The minimum absolute atomic E-state index is 0.0406. The van der Waals surface area contributed by atoms with E-state index in [0.717, 1.165) is 24.0 Å². The highest BCUT2D eigenvalue weighted by Crippen LogP contribution is 2.30. The van der Waals surface area contributed by atoms with Crippen molar-refractivity contribution in [1.29, 1.82) is 0 Å². The number of carbonyl (C=O) groups excluding carboxylic acids is 1. The quantitative estimate of drug-likeness (QED) is 0.721. The van der Waals surface area contributed by atoms with Crippen molar-refractivity contribution in [2.24, 2.45) is 0 Å². The highest BCUT2D eigenvalue weighted by molar-refractivity contribution is 7.89. The summed E-state index contributed by atoms with van der Waals surface area (Å²) in [4.78, 5) is 12.5. The molecule has 0 bridgehead atoms. The lowest BCUT2D eigenvalue weighted by Crippen LogP contribution is -2.51. The molecule has 10 heteroatoms. The van der Waals surface area contributed by atoms with Crippen LogP contribution in [0.2, 0.25) is 0 Å². The number of benzene rings is 2. The van der Waals surface area contributed by atoms with E-state index in [2.05, 4.69) is 5.32 Å². The van der Waals surface area contributed by atoms with Crippen LogP contribution in [0, 0.1) is 0 Å². The largest absolute Gasteiger partial charge is 0.358 e. The van der Waals surface area contributed by atoms with E-state index in [-0.39, 0.29) is 28.7 Å². The molecule has 1 N–H and O–H groups in total. The zero-order chi connectivity index (χ0) is 22.2. The summed E-state index contributed by atoms with van der Waals surface area (Å²) in [6.07, 6.45) is 1.92. The number of sulfonamides is 2. The Morgan fingerprint density at radius 1 is 0.871 bits per heavy atom. The SMILES string of the molecule is CNC(=O)C1Cc2ccccc2CN1S(=O)(=O)c1ccc(S(=O)(=O)N2CCCC2)cc1.